The van der Waals surface area contributed by atoms with E-state index in [1.807, 2.05) is 17.1 Å². The summed E-state index contributed by atoms with van der Waals surface area (Å²) in [5.74, 6) is 0.800. The lowest BCUT2D eigenvalue weighted by Crippen LogP contribution is -2.46. The number of rotatable bonds is 8. The van der Waals surface area contributed by atoms with Gasteiger partial charge in [-0.25, -0.2) is 4.79 Å². The molecule has 0 heterocycles. The molecule has 0 rings (SSSR count). The summed E-state index contributed by atoms with van der Waals surface area (Å²) in [7, 11) is 0. The first-order valence-electron chi connectivity index (χ1n) is 5.40. The van der Waals surface area contributed by atoms with Crippen molar-refractivity contribution in [2.45, 2.75) is 32.2 Å². The summed E-state index contributed by atoms with van der Waals surface area (Å²) in [6.45, 7) is 2.49. The van der Waals surface area contributed by atoms with Crippen LogP contribution in [0.25, 0.3) is 0 Å². The number of carbonyl (C=O) groups excluding carboxylic acids is 2. The lowest BCUT2D eigenvalue weighted by atomic mass is 10.2. The van der Waals surface area contributed by atoms with Crippen molar-refractivity contribution in [1.29, 1.82) is 0 Å². The third kappa shape index (κ3) is 8.55. The Balaban J connectivity index is 3.46. The Hall–Kier alpha value is -0.750. The molecule has 0 aromatic heterocycles. The molecule has 0 radical (unpaired) electrons. The number of thioether (sulfide) groups is 1. The van der Waals surface area contributed by atoms with Crippen molar-refractivity contribution in [2.24, 2.45) is 5.73 Å². The van der Waals surface area contributed by atoms with Crippen LogP contribution in [-0.2, 0) is 4.79 Å². The summed E-state index contributed by atoms with van der Waals surface area (Å²) >= 11 is 1.84. The van der Waals surface area contributed by atoms with E-state index in [9.17, 15) is 9.59 Å². The summed E-state index contributed by atoms with van der Waals surface area (Å²) in [5, 5.41) is 5.08. The summed E-state index contributed by atoms with van der Waals surface area (Å²) in [4.78, 5) is 21.7. The Morgan fingerprint density at radius 1 is 1.31 bits per heavy atom. The maximum absolute atomic E-state index is 11.2. The SMILES string of the molecule is CSCCCCCNC(C)C(=O)NC(N)=O. The monoisotopic (exact) mass is 247 g/mol. The minimum Gasteiger partial charge on any atom is -0.351 e. The van der Waals surface area contributed by atoms with Crippen LogP contribution in [-0.4, -0.2) is 36.5 Å². The Morgan fingerprint density at radius 3 is 2.56 bits per heavy atom. The minimum absolute atomic E-state index is 0.378. The van der Waals surface area contributed by atoms with Crippen LogP contribution in [0.4, 0.5) is 4.79 Å². The fraction of sp³-hybridized carbons (Fsp3) is 0.800. The lowest BCUT2D eigenvalue weighted by Gasteiger charge is -2.12. The first-order chi connectivity index (χ1) is 7.57. The molecule has 94 valence electrons. The average Bonchev–Trinajstić information content (AvgIpc) is 2.21. The maximum Gasteiger partial charge on any atom is 0.318 e. The molecule has 1 unspecified atom stereocenters. The van der Waals surface area contributed by atoms with E-state index in [0.29, 0.717) is 0 Å². The molecule has 0 fully saturated rings. The van der Waals surface area contributed by atoms with E-state index >= 15 is 0 Å². The van der Waals surface area contributed by atoms with Gasteiger partial charge in [0.2, 0.25) is 5.91 Å². The number of carbonyl (C=O) groups is 2. The van der Waals surface area contributed by atoms with Gasteiger partial charge in [0, 0.05) is 0 Å². The second-order valence-electron chi connectivity index (χ2n) is 3.58. The lowest BCUT2D eigenvalue weighted by molar-refractivity contribution is -0.121. The topological polar surface area (TPSA) is 84.2 Å². The number of amides is 3. The first-order valence-corrected chi connectivity index (χ1v) is 6.80. The molecule has 3 amide bonds. The van der Waals surface area contributed by atoms with E-state index < -0.39 is 6.03 Å². The van der Waals surface area contributed by atoms with E-state index in [1.165, 1.54) is 12.2 Å². The first kappa shape index (κ1) is 15.2. The van der Waals surface area contributed by atoms with Gasteiger partial charge in [0.25, 0.3) is 0 Å². The van der Waals surface area contributed by atoms with Crippen LogP contribution in [0.2, 0.25) is 0 Å². The highest BCUT2D eigenvalue weighted by Crippen LogP contribution is 2.01. The Labute approximate surface area is 101 Å². The van der Waals surface area contributed by atoms with Crippen LogP contribution in [0.3, 0.4) is 0 Å². The van der Waals surface area contributed by atoms with Crippen molar-refractivity contribution >= 4 is 23.7 Å². The van der Waals surface area contributed by atoms with Gasteiger partial charge in [-0.3, -0.25) is 10.1 Å². The number of hydrogen-bond acceptors (Lipinski definition) is 4. The molecule has 0 saturated heterocycles. The predicted octanol–water partition coefficient (Wildman–Crippen LogP) is 0.693. The van der Waals surface area contributed by atoms with Crippen LogP contribution in [0, 0.1) is 0 Å². The molecule has 0 aromatic carbocycles. The van der Waals surface area contributed by atoms with E-state index in [4.69, 9.17) is 5.73 Å². The number of nitrogens with two attached hydrogens (primary N) is 1. The number of unbranched alkanes of at least 4 members (excludes halogenated alkanes) is 2. The summed E-state index contributed by atoms with van der Waals surface area (Å²) in [5.41, 5.74) is 4.84. The predicted molar refractivity (Wildman–Crippen MR) is 67.4 cm³/mol. The van der Waals surface area contributed by atoms with E-state index in [-0.39, 0.29) is 11.9 Å². The normalized spacial score (nSPS) is 12.1. The van der Waals surface area contributed by atoms with Gasteiger partial charge in [-0.05, 0) is 38.3 Å². The van der Waals surface area contributed by atoms with Crippen LogP contribution in [0.1, 0.15) is 26.2 Å². The van der Waals surface area contributed by atoms with E-state index in [0.717, 1.165) is 19.4 Å². The third-order valence-corrected chi connectivity index (χ3v) is 2.81. The molecule has 0 saturated carbocycles. The van der Waals surface area contributed by atoms with Crippen LogP contribution in [0.15, 0.2) is 0 Å². The highest BCUT2D eigenvalue weighted by atomic mass is 32.2. The maximum atomic E-state index is 11.2. The highest BCUT2D eigenvalue weighted by molar-refractivity contribution is 7.98. The van der Waals surface area contributed by atoms with Gasteiger partial charge in [0.05, 0.1) is 6.04 Å². The number of hydrogen-bond donors (Lipinski definition) is 3. The molecule has 1 atom stereocenters. The van der Waals surface area contributed by atoms with Gasteiger partial charge < -0.3 is 11.1 Å². The van der Waals surface area contributed by atoms with Gasteiger partial charge >= 0.3 is 6.03 Å². The second kappa shape index (κ2) is 9.47. The van der Waals surface area contributed by atoms with Crippen LogP contribution < -0.4 is 16.4 Å². The molecular weight excluding hydrogens is 226 g/mol. The summed E-state index contributed by atoms with van der Waals surface area (Å²) in [6.07, 6.45) is 5.48. The molecule has 0 aliphatic rings. The highest BCUT2D eigenvalue weighted by Gasteiger charge is 2.12. The van der Waals surface area contributed by atoms with Crippen molar-refractivity contribution in [3.63, 3.8) is 0 Å². The van der Waals surface area contributed by atoms with Gasteiger partial charge in [-0.1, -0.05) is 6.42 Å². The molecule has 16 heavy (non-hydrogen) atoms. The van der Waals surface area contributed by atoms with Crippen molar-refractivity contribution < 1.29 is 9.59 Å². The van der Waals surface area contributed by atoms with Crippen molar-refractivity contribution in [3.05, 3.63) is 0 Å². The standard InChI is InChI=1S/C10H21N3O2S/c1-8(9(14)13-10(11)15)12-6-4-3-5-7-16-2/h8,12H,3-7H2,1-2H3,(H3,11,13,14,15). The Morgan fingerprint density at radius 2 is 2.00 bits per heavy atom. The molecule has 0 bridgehead atoms. The quantitative estimate of drug-likeness (QED) is 0.551. The molecular formula is C10H21N3O2S. The average molecular weight is 247 g/mol. The van der Waals surface area contributed by atoms with E-state index in [1.54, 1.807) is 6.92 Å². The number of primary amides is 1. The molecule has 5 nitrogen and oxygen atoms in total. The van der Waals surface area contributed by atoms with Crippen molar-refractivity contribution in [3.8, 4) is 0 Å². The molecule has 0 aromatic rings. The number of imide groups is 1. The summed E-state index contributed by atoms with van der Waals surface area (Å²) in [6, 6.07) is -1.19. The second-order valence-corrected chi connectivity index (χ2v) is 4.57. The van der Waals surface area contributed by atoms with Gasteiger partial charge in [0.1, 0.15) is 0 Å². The zero-order valence-corrected chi connectivity index (χ0v) is 10.7. The van der Waals surface area contributed by atoms with Gasteiger partial charge in [-0.2, -0.15) is 11.8 Å². The Bertz CT molecular complexity index is 224. The van der Waals surface area contributed by atoms with Crippen LogP contribution >= 0.6 is 11.8 Å². The molecule has 0 aliphatic carbocycles. The smallest absolute Gasteiger partial charge is 0.318 e. The third-order valence-electron chi connectivity index (χ3n) is 2.12. The number of nitrogens with one attached hydrogen (secondary N) is 2. The summed E-state index contributed by atoms with van der Waals surface area (Å²) < 4.78 is 0. The molecule has 4 N–H and O–H groups in total. The molecule has 0 spiro atoms. The van der Waals surface area contributed by atoms with Crippen molar-refractivity contribution in [1.82, 2.24) is 10.6 Å². The van der Waals surface area contributed by atoms with Crippen LogP contribution in [0.5, 0.6) is 0 Å². The largest absolute Gasteiger partial charge is 0.351 e. The van der Waals surface area contributed by atoms with Crippen molar-refractivity contribution in [2.75, 3.05) is 18.6 Å². The molecule has 6 heteroatoms. The fourth-order valence-corrected chi connectivity index (χ4v) is 1.68. The zero-order chi connectivity index (χ0) is 12.4. The van der Waals surface area contributed by atoms with E-state index in [2.05, 4.69) is 11.6 Å². The zero-order valence-electron chi connectivity index (χ0n) is 9.91. The Kier molecular flexibility index (Phi) is 9.03. The van der Waals surface area contributed by atoms with Gasteiger partial charge in [0.15, 0.2) is 0 Å². The number of urea groups is 1. The molecule has 0 aliphatic heterocycles. The van der Waals surface area contributed by atoms with Gasteiger partial charge in [-0.15, -0.1) is 0 Å². The fourth-order valence-electron chi connectivity index (χ4n) is 1.19. The minimum atomic E-state index is -0.807.